The summed E-state index contributed by atoms with van der Waals surface area (Å²) >= 11 is 0. The van der Waals surface area contributed by atoms with Crippen molar-refractivity contribution in [3.05, 3.63) is 42.5 Å². The molecule has 0 atom stereocenters. The van der Waals surface area contributed by atoms with E-state index in [1.807, 2.05) is 18.2 Å². The SMILES string of the molecule is COc1ccc2nc(-c3ccc(N4CCN(C)CC4)cc3)[nH]c2c1. The molecular formula is C19H22N4O. The van der Waals surface area contributed by atoms with Crippen LogP contribution in [0.1, 0.15) is 0 Å². The van der Waals surface area contributed by atoms with E-state index in [4.69, 9.17) is 4.74 Å². The summed E-state index contributed by atoms with van der Waals surface area (Å²) in [5.41, 5.74) is 4.33. The molecule has 5 heteroatoms. The number of ether oxygens (including phenoxy) is 1. The van der Waals surface area contributed by atoms with Gasteiger partial charge < -0.3 is 19.5 Å². The van der Waals surface area contributed by atoms with Crippen molar-refractivity contribution < 1.29 is 4.74 Å². The molecule has 124 valence electrons. The van der Waals surface area contributed by atoms with Gasteiger partial charge >= 0.3 is 0 Å². The van der Waals surface area contributed by atoms with E-state index in [2.05, 4.69) is 51.1 Å². The van der Waals surface area contributed by atoms with Gasteiger partial charge in [0.2, 0.25) is 0 Å². The van der Waals surface area contributed by atoms with Crippen LogP contribution >= 0.6 is 0 Å². The molecule has 24 heavy (non-hydrogen) atoms. The minimum Gasteiger partial charge on any atom is -0.497 e. The van der Waals surface area contributed by atoms with E-state index in [1.54, 1.807) is 7.11 Å². The first-order valence-corrected chi connectivity index (χ1v) is 8.30. The summed E-state index contributed by atoms with van der Waals surface area (Å²) in [6.07, 6.45) is 0. The Morgan fingerprint density at radius 3 is 2.46 bits per heavy atom. The zero-order valence-electron chi connectivity index (χ0n) is 14.1. The minimum absolute atomic E-state index is 0.836. The topological polar surface area (TPSA) is 44.4 Å². The Balaban J connectivity index is 1.58. The lowest BCUT2D eigenvalue weighted by Crippen LogP contribution is -2.44. The summed E-state index contributed by atoms with van der Waals surface area (Å²) in [6, 6.07) is 14.6. The highest BCUT2D eigenvalue weighted by atomic mass is 16.5. The van der Waals surface area contributed by atoms with Crippen LogP contribution in [0.25, 0.3) is 22.4 Å². The van der Waals surface area contributed by atoms with E-state index >= 15 is 0 Å². The molecule has 1 aromatic heterocycles. The molecule has 0 aliphatic carbocycles. The quantitative estimate of drug-likeness (QED) is 0.805. The fraction of sp³-hybridized carbons (Fsp3) is 0.316. The molecule has 0 unspecified atom stereocenters. The third-order valence-electron chi connectivity index (χ3n) is 4.70. The number of likely N-dealkylation sites (N-methyl/N-ethyl adjacent to an activating group) is 1. The summed E-state index contributed by atoms with van der Waals surface area (Å²) in [7, 11) is 3.85. The summed E-state index contributed by atoms with van der Waals surface area (Å²) in [5, 5.41) is 0. The number of aromatic amines is 1. The highest BCUT2D eigenvalue weighted by Crippen LogP contribution is 2.26. The molecule has 0 amide bonds. The fourth-order valence-corrected chi connectivity index (χ4v) is 3.15. The molecule has 5 nitrogen and oxygen atoms in total. The van der Waals surface area contributed by atoms with Gasteiger partial charge in [-0.15, -0.1) is 0 Å². The van der Waals surface area contributed by atoms with Gasteiger partial charge in [0.05, 0.1) is 18.1 Å². The number of rotatable bonds is 3. The maximum absolute atomic E-state index is 5.27. The van der Waals surface area contributed by atoms with E-state index in [-0.39, 0.29) is 0 Å². The van der Waals surface area contributed by atoms with Gasteiger partial charge in [-0.25, -0.2) is 4.98 Å². The average Bonchev–Trinajstić information content (AvgIpc) is 3.05. The molecule has 1 N–H and O–H groups in total. The Labute approximate surface area is 141 Å². The first kappa shape index (κ1) is 15.0. The summed E-state index contributed by atoms with van der Waals surface area (Å²) in [4.78, 5) is 12.9. The van der Waals surface area contributed by atoms with Crippen LogP contribution in [0.15, 0.2) is 42.5 Å². The van der Waals surface area contributed by atoms with Crippen molar-refractivity contribution in [1.82, 2.24) is 14.9 Å². The lowest BCUT2D eigenvalue weighted by molar-refractivity contribution is 0.313. The van der Waals surface area contributed by atoms with Gasteiger partial charge in [-0.05, 0) is 43.4 Å². The summed E-state index contributed by atoms with van der Waals surface area (Å²) < 4.78 is 5.27. The van der Waals surface area contributed by atoms with Crippen LogP contribution in [0.5, 0.6) is 5.75 Å². The number of hydrogen-bond donors (Lipinski definition) is 1. The molecule has 1 fully saturated rings. The van der Waals surface area contributed by atoms with Crippen LogP contribution in [-0.4, -0.2) is 55.2 Å². The minimum atomic E-state index is 0.836. The number of piperazine rings is 1. The van der Waals surface area contributed by atoms with Crippen LogP contribution in [0.3, 0.4) is 0 Å². The Bertz CT molecular complexity index is 832. The van der Waals surface area contributed by atoms with Gasteiger partial charge in [-0.3, -0.25) is 0 Å². The number of H-pyrrole nitrogens is 1. The predicted octanol–water partition coefficient (Wildman–Crippen LogP) is 2.99. The molecule has 0 saturated carbocycles. The van der Waals surface area contributed by atoms with Crippen molar-refractivity contribution in [2.75, 3.05) is 45.2 Å². The van der Waals surface area contributed by atoms with Crippen molar-refractivity contribution >= 4 is 16.7 Å². The molecule has 0 bridgehead atoms. The second-order valence-corrected chi connectivity index (χ2v) is 6.31. The van der Waals surface area contributed by atoms with Crippen LogP contribution in [0, 0.1) is 0 Å². The third-order valence-corrected chi connectivity index (χ3v) is 4.70. The molecule has 3 aromatic rings. The second-order valence-electron chi connectivity index (χ2n) is 6.31. The number of hydrogen-bond acceptors (Lipinski definition) is 4. The smallest absolute Gasteiger partial charge is 0.138 e. The number of aromatic nitrogens is 2. The van der Waals surface area contributed by atoms with Gasteiger partial charge in [0.25, 0.3) is 0 Å². The second kappa shape index (κ2) is 6.17. The monoisotopic (exact) mass is 322 g/mol. The van der Waals surface area contributed by atoms with Crippen LogP contribution in [0.4, 0.5) is 5.69 Å². The van der Waals surface area contributed by atoms with Crippen molar-refractivity contribution in [2.45, 2.75) is 0 Å². The standard InChI is InChI=1S/C19H22N4O/c1-22-9-11-23(12-10-22)15-5-3-14(4-6-15)19-20-17-8-7-16(24-2)13-18(17)21-19/h3-8,13H,9-12H2,1-2H3,(H,20,21). The Morgan fingerprint density at radius 2 is 1.75 bits per heavy atom. The third kappa shape index (κ3) is 2.83. The molecule has 4 rings (SSSR count). The first-order chi connectivity index (χ1) is 11.7. The molecule has 1 saturated heterocycles. The zero-order valence-corrected chi connectivity index (χ0v) is 14.1. The molecule has 0 spiro atoms. The molecular weight excluding hydrogens is 300 g/mol. The van der Waals surface area contributed by atoms with Crippen molar-refractivity contribution in [1.29, 1.82) is 0 Å². The Morgan fingerprint density at radius 1 is 1.00 bits per heavy atom. The number of imidazole rings is 1. The molecule has 0 radical (unpaired) electrons. The van der Waals surface area contributed by atoms with Crippen LogP contribution in [0.2, 0.25) is 0 Å². The van der Waals surface area contributed by atoms with E-state index in [0.29, 0.717) is 0 Å². The van der Waals surface area contributed by atoms with Gasteiger partial charge in [0, 0.05) is 43.5 Å². The molecule has 1 aliphatic heterocycles. The fourth-order valence-electron chi connectivity index (χ4n) is 3.15. The van der Waals surface area contributed by atoms with Crippen molar-refractivity contribution in [3.8, 4) is 17.1 Å². The zero-order chi connectivity index (χ0) is 16.5. The highest BCUT2D eigenvalue weighted by molar-refractivity contribution is 5.81. The average molecular weight is 322 g/mol. The van der Waals surface area contributed by atoms with E-state index < -0.39 is 0 Å². The van der Waals surface area contributed by atoms with E-state index in [1.165, 1.54) is 5.69 Å². The first-order valence-electron chi connectivity index (χ1n) is 8.30. The van der Waals surface area contributed by atoms with E-state index in [0.717, 1.165) is 54.3 Å². The number of benzene rings is 2. The largest absolute Gasteiger partial charge is 0.497 e. The summed E-state index contributed by atoms with van der Waals surface area (Å²) in [5.74, 6) is 1.73. The maximum atomic E-state index is 5.27. The number of fused-ring (bicyclic) bond motifs is 1. The Kier molecular flexibility index (Phi) is 3.86. The van der Waals surface area contributed by atoms with Gasteiger partial charge in [0.15, 0.2) is 0 Å². The number of methoxy groups -OCH3 is 1. The van der Waals surface area contributed by atoms with Crippen LogP contribution in [-0.2, 0) is 0 Å². The predicted molar refractivity (Wildman–Crippen MR) is 97.8 cm³/mol. The lowest BCUT2D eigenvalue weighted by Gasteiger charge is -2.34. The summed E-state index contributed by atoms with van der Waals surface area (Å²) in [6.45, 7) is 4.40. The molecule has 2 aromatic carbocycles. The van der Waals surface area contributed by atoms with E-state index in [9.17, 15) is 0 Å². The van der Waals surface area contributed by atoms with Gasteiger partial charge in [-0.2, -0.15) is 0 Å². The number of nitrogens with zero attached hydrogens (tertiary/aromatic N) is 3. The normalized spacial score (nSPS) is 15.8. The number of anilines is 1. The van der Waals surface area contributed by atoms with Gasteiger partial charge in [-0.1, -0.05) is 0 Å². The van der Waals surface area contributed by atoms with Gasteiger partial charge in [0.1, 0.15) is 11.6 Å². The molecule has 1 aliphatic rings. The lowest BCUT2D eigenvalue weighted by atomic mass is 10.1. The van der Waals surface area contributed by atoms with Crippen molar-refractivity contribution in [2.24, 2.45) is 0 Å². The van der Waals surface area contributed by atoms with Crippen molar-refractivity contribution in [3.63, 3.8) is 0 Å². The Hall–Kier alpha value is -2.53. The number of nitrogens with one attached hydrogen (secondary N) is 1. The van der Waals surface area contributed by atoms with Crippen LogP contribution < -0.4 is 9.64 Å². The molecule has 2 heterocycles. The maximum Gasteiger partial charge on any atom is 0.138 e. The highest BCUT2D eigenvalue weighted by Gasteiger charge is 2.14.